The van der Waals surface area contributed by atoms with Crippen molar-refractivity contribution in [1.82, 2.24) is 0 Å². The monoisotopic (exact) mass is 2090 g/mol. The summed E-state index contributed by atoms with van der Waals surface area (Å²) in [5.41, 5.74) is 0. The summed E-state index contributed by atoms with van der Waals surface area (Å²) < 4.78 is 597. The predicted octanol–water partition coefficient (Wildman–Crippen LogP) is -58.9. The average Bonchev–Trinajstić information content (AvgIpc) is 0.751. The van der Waals surface area contributed by atoms with Crippen molar-refractivity contribution in [2.24, 2.45) is 0 Å². The van der Waals surface area contributed by atoms with Crippen LogP contribution in [0.5, 0.6) is 0 Å². The first-order valence-corrected chi connectivity index (χ1v) is 41.8. The molecule has 91 heteroatoms. The summed E-state index contributed by atoms with van der Waals surface area (Å²) in [6.07, 6.45) is -78.8. The Morgan fingerprint density at radius 2 is 0.296 bits per heavy atom. The summed E-state index contributed by atoms with van der Waals surface area (Å²) in [7, 11) is -95.6. The Hall–Kier alpha value is 11.9. The second-order valence-electron chi connectivity index (χ2n) is 18.0. The summed E-state index contributed by atoms with van der Waals surface area (Å²) >= 11 is 0. The quantitative estimate of drug-likeness (QED) is 0.0315. The van der Waals surface area contributed by atoms with E-state index in [1.165, 1.54) is 0 Å². The Morgan fingerprint density at radius 3 is 0.478 bits per heavy atom. The van der Waals surface area contributed by atoms with Crippen LogP contribution >= 0.6 is 0 Å². The van der Waals surface area contributed by atoms with Gasteiger partial charge in [-0.1, -0.05) is 0 Å². The summed E-state index contributed by atoms with van der Waals surface area (Å²) in [5, 5.41) is 0. The zero-order chi connectivity index (χ0) is 78.2. The number of ether oxygens (including phenoxy) is 7. The predicted molar refractivity (Wildman–Crippen MR) is 254 cm³/mol. The smallest absolute Gasteiger partial charge is 0.726 e. The van der Waals surface area contributed by atoms with Gasteiger partial charge in [0.15, 0.2) is 43.5 Å². The standard InChI is InChI=1S/C24H42O63S14.14Na/c25-88(26,27)67-1-5-9(13(81-95(46,47)48)18(85-99(58,59)60)23(71-5)77-24-20(87-101(64,65)66)16(84-98(55,56)57)12(80-94(43,44)45)8(74-24)4-70-91(34,35)36)75-21-17(14(82-96(49,50)51)10(78-92(37,38)39)6(72-21)2-68-89(28,29)30)76-22-19(86-100(61,62)63)15(83-97(52,53)54)11(79-93(40,41)42)7(73-22)3-69-90(31,32)33;;;;;;;;;;;;;;/h5-24H,1-4H2,(H,25,26,27)(H,28,29,30)(H,31,32,33)(H,34,35,36)(H,37,38,39)(H,40,41,42)(H,43,44,45)(H,46,47,48)(H,49,50,51)(H,52,53,54)(H,55,56,57)(H,58,59,60)(H,61,62,63)(H,64,65,66);;;;;;;;;;;;;;/q;14*+1/p-14/t5-,6-,7-,8-,9+,10+,11-,12-,13-,14-,15-,16-,17-,18-,19-,20-,21-,22+,23+,24+;;;;;;;;;;;;;;/m0............../s1. The van der Waals surface area contributed by atoms with E-state index in [1.807, 2.05) is 0 Å². The van der Waals surface area contributed by atoms with E-state index in [0.29, 0.717) is 0 Å². The Morgan fingerprint density at radius 1 is 0.165 bits per heavy atom. The van der Waals surface area contributed by atoms with E-state index >= 15 is 0 Å². The number of hydrogen-bond acceptors (Lipinski definition) is 63. The van der Waals surface area contributed by atoms with Crippen molar-refractivity contribution in [1.29, 1.82) is 0 Å². The van der Waals surface area contributed by atoms with Crippen LogP contribution < -0.4 is 414 Å². The van der Waals surface area contributed by atoms with Crippen LogP contribution in [0.2, 0.25) is 0 Å². The Labute approximate surface area is 962 Å². The maximum atomic E-state index is 12.7. The Balaban J connectivity index is -0.000000858. The Kier molecular flexibility index (Phi) is 78.1. The van der Waals surface area contributed by atoms with Gasteiger partial charge in [0.2, 0.25) is 146 Å². The fourth-order valence-electron chi connectivity index (χ4n) is 8.30. The molecule has 115 heavy (non-hydrogen) atoms. The summed E-state index contributed by atoms with van der Waals surface area (Å²) in [6.45, 7) is -10.1. The molecule has 63 nitrogen and oxygen atoms in total. The van der Waals surface area contributed by atoms with Gasteiger partial charge in [0.05, 0.1) is 26.4 Å². The Bertz CT molecular complexity index is 4670. The third-order valence-corrected chi connectivity index (χ3v) is 17.3. The molecular weight excluding hydrogens is 2070 g/mol. The number of hydrogen-bond donors (Lipinski definition) is 0. The van der Waals surface area contributed by atoms with Crippen LogP contribution in [0.4, 0.5) is 0 Å². The third kappa shape index (κ3) is 61.1. The molecule has 0 amide bonds. The minimum atomic E-state index is -7.22. The van der Waals surface area contributed by atoms with E-state index < -0.39 is 295 Å². The zero-order valence-electron chi connectivity index (χ0n) is 59.8. The minimum Gasteiger partial charge on any atom is -0.726 e. The van der Waals surface area contributed by atoms with E-state index in [9.17, 15) is 182 Å². The molecule has 600 valence electrons. The van der Waals surface area contributed by atoms with E-state index in [1.54, 1.807) is 0 Å². The van der Waals surface area contributed by atoms with Gasteiger partial charge in [-0.3, -0.25) is 58.6 Å². The first kappa shape index (κ1) is 150. The first-order chi connectivity index (χ1) is 44.7. The molecule has 0 bridgehead atoms. The van der Waals surface area contributed by atoms with Gasteiger partial charge in [0.1, 0.15) is 79.4 Å². The van der Waals surface area contributed by atoms with Gasteiger partial charge < -0.3 is 96.9 Å². The van der Waals surface area contributed by atoms with E-state index in [0.717, 1.165) is 0 Å². The van der Waals surface area contributed by atoms with Crippen molar-refractivity contribution in [2.75, 3.05) is 26.4 Å². The molecule has 0 saturated carbocycles. The molecule has 0 aromatic rings. The largest absolute Gasteiger partial charge is 1.00 e. The maximum Gasteiger partial charge on any atom is 1.00 e. The molecular formula is C24H28Na14O63S14. The van der Waals surface area contributed by atoms with Gasteiger partial charge >= 0.3 is 414 Å². The average molecular weight is 2100 g/mol. The molecule has 0 aromatic carbocycles. The van der Waals surface area contributed by atoms with Crippen molar-refractivity contribution in [3.8, 4) is 0 Å². The molecule has 20 atom stereocenters. The molecule has 4 fully saturated rings. The van der Waals surface area contributed by atoms with Gasteiger partial charge in [-0.15, -0.1) is 0 Å². The van der Waals surface area contributed by atoms with E-state index in [2.05, 4.69) is 58.6 Å². The fraction of sp³-hybridized carbons (Fsp3) is 1.00. The number of rotatable bonds is 38. The first-order valence-electron chi connectivity index (χ1n) is 23.1. The van der Waals surface area contributed by atoms with Crippen LogP contribution in [0.1, 0.15) is 0 Å². The molecule has 0 aromatic heterocycles. The van der Waals surface area contributed by atoms with E-state index in [-0.39, 0.29) is 414 Å². The molecule has 0 spiro atoms. The van der Waals surface area contributed by atoms with Gasteiger partial charge in [-0.2, -0.15) is 0 Å². The molecule has 4 rings (SSSR count). The summed E-state index contributed by atoms with van der Waals surface area (Å²) in [4.78, 5) is 0. The van der Waals surface area contributed by atoms with Crippen LogP contribution in [0.3, 0.4) is 0 Å². The van der Waals surface area contributed by atoms with Crippen molar-refractivity contribution >= 4 is 146 Å². The summed E-state index contributed by atoms with van der Waals surface area (Å²) in [6, 6.07) is 0. The zero-order valence-corrected chi connectivity index (χ0v) is 99.2. The van der Waals surface area contributed by atoms with Crippen LogP contribution in [-0.2, 0) is 237 Å². The van der Waals surface area contributed by atoms with Crippen molar-refractivity contribution in [3.05, 3.63) is 0 Å². The van der Waals surface area contributed by atoms with Crippen LogP contribution in [0.25, 0.3) is 0 Å². The minimum absolute atomic E-state index is 0. The molecule has 0 N–H and O–H groups in total. The van der Waals surface area contributed by atoms with Gasteiger partial charge in [-0.25, -0.2) is 118 Å². The topological polar surface area (TPSA) is 995 Å². The van der Waals surface area contributed by atoms with Crippen molar-refractivity contribution in [3.63, 3.8) is 0 Å². The second kappa shape index (κ2) is 60.0. The molecule has 4 aliphatic rings. The van der Waals surface area contributed by atoms with Gasteiger partial charge in [0.25, 0.3) is 0 Å². The second-order valence-corrected chi connectivity index (χ2v) is 32.3. The van der Waals surface area contributed by atoms with Crippen LogP contribution in [0.15, 0.2) is 0 Å². The maximum absolute atomic E-state index is 12.7. The SMILES string of the molecule is O=S(=O)([O-])OC[C@@H]1O[C@H](O[C@H]2O[C@@H](COS(=O)(=O)[O-])[C@@H](O[C@@H]3O[C@@H](COS(=O)(=O)[O-])[C@@H](OS(=O)(=O)[O-])[C@H](OS(=O)(=O)[O-])[C@@H]3O[C@H]3O[C@@H](COS(=O)(=O)[O-])[C@H](OS(=O)(=O)[O-])[C@H](OS(=O)(=O)[O-])[C@@H]3OS(=O)(=O)[O-])[C@H](OS(=O)(=O)[O-])[C@@H]2OS(=O)(=O)[O-])[C@@H](OS(=O)(=O)[O-])[C@@H](OS(=O)(=O)[O-])[C@H]1OS(=O)(=O)[O-].[Na+].[Na+].[Na+].[Na+].[Na+].[Na+].[Na+].[Na+].[Na+].[Na+].[Na+].[Na+].[Na+].[Na+]. The van der Waals surface area contributed by atoms with Crippen molar-refractivity contribution in [2.45, 2.75) is 123 Å². The molecule has 4 aliphatic heterocycles. The fourth-order valence-corrected chi connectivity index (χ4v) is 14.4. The molecule has 0 unspecified atom stereocenters. The normalized spacial score (nSPS) is 28.5. The van der Waals surface area contributed by atoms with Crippen molar-refractivity contribution < 1.29 is 687 Å². The molecule has 4 saturated heterocycles. The van der Waals surface area contributed by atoms with Crippen LogP contribution in [0, 0.1) is 0 Å². The molecule has 0 radical (unpaired) electrons. The summed E-state index contributed by atoms with van der Waals surface area (Å²) in [5.74, 6) is 0. The van der Waals surface area contributed by atoms with Gasteiger partial charge in [0, 0.05) is 0 Å². The van der Waals surface area contributed by atoms with Crippen LogP contribution in [-0.4, -0.2) is 331 Å². The van der Waals surface area contributed by atoms with Gasteiger partial charge in [-0.05, 0) is 0 Å². The molecule has 4 heterocycles. The third-order valence-electron chi connectivity index (χ3n) is 11.0. The molecule has 0 aliphatic carbocycles. The van der Waals surface area contributed by atoms with E-state index in [4.69, 9.17) is 33.2 Å².